The Bertz CT molecular complexity index is 627. The van der Waals surface area contributed by atoms with E-state index in [1.165, 1.54) is 12.1 Å². The minimum atomic E-state index is -0.416. The first-order chi connectivity index (χ1) is 9.25. The van der Waals surface area contributed by atoms with Crippen molar-refractivity contribution in [3.8, 4) is 11.8 Å². The van der Waals surface area contributed by atoms with Crippen LogP contribution in [0.1, 0.15) is 5.56 Å². The number of nitrogens with one attached hydrogen (secondary N) is 1. The molecule has 0 aliphatic heterocycles. The largest absolute Gasteiger partial charge is 0.374 e. The standard InChI is InChI=1S/C15H12N2O2/c18-17(19)15-10-4-9-14(12-15)16-11-5-8-13-6-2-1-3-7-13/h1-4,6-7,9-10,12,16H,11H2. The first-order valence-corrected chi connectivity index (χ1v) is 5.78. The first-order valence-electron chi connectivity index (χ1n) is 5.78. The summed E-state index contributed by atoms with van der Waals surface area (Å²) < 4.78 is 0. The highest BCUT2D eigenvalue weighted by atomic mass is 16.6. The third kappa shape index (κ3) is 3.86. The van der Waals surface area contributed by atoms with Crippen molar-refractivity contribution in [3.05, 3.63) is 70.3 Å². The highest BCUT2D eigenvalue weighted by Crippen LogP contribution is 2.16. The second kappa shape index (κ2) is 6.22. The van der Waals surface area contributed by atoms with Crippen molar-refractivity contribution in [3.63, 3.8) is 0 Å². The van der Waals surface area contributed by atoms with Gasteiger partial charge in [-0.1, -0.05) is 36.1 Å². The number of anilines is 1. The average molecular weight is 252 g/mol. The Morgan fingerprint density at radius 1 is 1.11 bits per heavy atom. The molecule has 94 valence electrons. The minimum absolute atomic E-state index is 0.0704. The highest BCUT2D eigenvalue weighted by Gasteiger charge is 2.04. The maximum absolute atomic E-state index is 10.6. The van der Waals surface area contributed by atoms with E-state index in [4.69, 9.17) is 0 Å². The number of hydrogen-bond acceptors (Lipinski definition) is 3. The van der Waals surface area contributed by atoms with Gasteiger partial charge < -0.3 is 5.32 Å². The van der Waals surface area contributed by atoms with Crippen molar-refractivity contribution in [2.75, 3.05) is 11.9 Å². The van der Waals surface area contributed by atoms with E-state index in [0.29, 0.717) is 12.2 Å². The molecule has 0 saturated carbocycles. The van der Waals surface area contributed by atoms with Gasteiger partial charge in [0.1, 0.15) is 0 Å². The molecule has 0 amide bonds. The first kappa shape index (κ1) is 12.7. The Labute approximate surface area is 111 Å². The zero-order valence-electron chi connectivity index (χ0n) is 10.2. The molecular formula is C15H12N2O2. The predicted molar refractivity (Wildman–Crippen MR) is 74.9 cm³/mol. The van der Waals surface area contributed by atoms with Crippen LogP contribution in [0.3, 0.4) is 0 Å². The molecule has 1 N–H and O–H groups in total. The second-order valence-electron chi connectivity index (χ2n) is 3.83. The average Bonchev–Trinajstić information content (AvgIpc) is 2.45. The van der Waals surface area contributed by atoms with Gasteiger partial charge in [0.2, 0.25) is 0 Å². The molecule has 2 aromatic rings. The van der Waals surface area contributed by atoms with Crippen LogP contribution in [0.5, 0.6) is 0 Å². The van der Waals surface area contributed by atoms with Gasteiger partial charge in [0.15, 0.2) is 0 Å². The number of nitrogens with zero attached hydrogens (tertiary/aromatic N) is 1. The second-order valence-corrected chi connectivity index (χ2v) is 3.83. The molecule has 0 bridgehead atoms. The van der Waals surface area contributed by atoms with Crippen molar-refractivity contribution in [1.82, 2.24) is 0 Å². The van der Waals surface area contributed by atoms with Gasteiger partial charge in [-0.3, -0.25) is 10.1 Å². The summed E-state index contributed by atoms with van der Waals surface area (Å²) in [6.07, 6.45) is 0. The number of benzene rings is 2. The van der Waals surface area contributed by atoms with Gasteiger partial charge in [-0.15, -0.1) is 0 Å². The molecule has 2 rings (SSSR count). The smallest absolute Gasteiger partial charge is 0.271 e. The zero-order chi connectivity index (χ0) is 13.5. The van der Waals surface area contributed by atoms with Crippen LogP contribution in [-0.2, 0) is 0 Å². The molecule has 0 aromatic heterocycles. The van der Waals surface area contributed by atoms with Crippen LogP contribution in [0.2, 0.25) is 0 Å². The molecule has 0 saturated heterocycles. The highest BCUT2D eigenvalue weighted by molar-refractivity contribution is 5.51. The Morgan fingerprint density at radius 3 is 2.63 bits per heavy atom. The lowest BCUT2D eigenvalue weighted by Gasteiger charge is -2.01. The van der Waals surface area contributed by atoms with Gasteiger partial charge in [0, 0.05) is 23.4 Å². The molecule has 0 unspecified atom stereocenters. The van der Waals surface area contributed by atoms with Gasteiger partial charge in [-0.05, 0) is 18.2 Å². The molecule has 0 atom stereocenters. The lowest BCUT2D eigenvalue weighted by atomic mass is 10.2. The quantitative estimate of drug-likeness (QED) is 0.519. The molecule has 0 heterocycles. The van der Waals surface area contributed by atoms with Crippen LogP contribution in [-0.4, -0.2) is 11.5 Å². The Balaban J connectivity index is 1.95. The molecule has 4 nitrogen and oxygen atoms in total. The molecule has 0 aliphatic rings. The normalized spacial score (nSPS) is 9.26. The van der Waals surface area contributed by atoms with Crippen LogP contribution in [0.25, 0.3) is 0 Å². The Morgan fingerprint density at radius 2 is 1.89 bits per heavy atom. The van der Waals surface area contributed by atoms with Crippen molar-refractivity contribution >= 4 is 11.4 Å². The van der Waals surface area contributed by atoms with E-state index in [9.17, 15) is 10.1 Å². The Kier molecular flexibility index (Phi) is 4.14. The molecule has 0 aliphatic carbocycles. The molecule has 19 heavy (non-hydrogen) atoms. The van der Waals surface area contributed by atoms with E-state index < -0.39 is 4.92 Å². The maximum atomic E-state index is 10.6. The van der Waals surface area contributed by atoms with Gasteiger partial charge >= 0.3 is 0 Å². The fourth-order valence-electron chi connectivity index (χ4n) is 1.54. The summed E-state index contributed by atoms with van der Waals surface area (Å²) >= 11 is 0. The van der Waals surface area contributed by atoms with Crippen molar-refractivity contribution in [1.29, 1.82) is 0 Å². The summed E-state index contributed by atoms with van der Waals surface area (Å²) in [5.41, 5.74) is 1.71. The van der Waals surface area contributed by atoms with E-state index in [1.807, 2.05) is 30.3 Å². The monoisotopic (exact) mass is 252 g/mol. The van der Waals surface area contributed by atoms with Crippen LogP contribution in [0.15, 0.2) is 54.6 Å². The maximum Gasteiger partial charge on any atom is 0.271 e. The molecule has 0 spiro atoms. The summed E-state index contributed by atoms with van der Waals surface area (Å²) in [4.78, 5) is 10.2. The van der Waals surface area contributed by atoms with Crippen LogP contribution in [0.4, 0.5) is 11.4 Å². The minimum Gasteiger partial charge on any atom is -0.374 e. The van der Waals surface area contributed by atoms with E-state index in [2.05, 4.69) is 17.2 Å². The van der Waals surface area contributed by atoms with Gasteiger partial charge in [0.25, 0.3) is 5.69 Å². The number of non-ortho nitro benzene ring substituents is 1. The van der Waals surface area contributed by atoms with Crippen molar-refractivity contribution < 1.29 is 4.92 Å². The van der Waals surface area contributed by atoms with E-state index in [-0.39, 0.29) is 5.69 Å². The Hall–Kier alpha value is -2.80. The molecule has 2 aromatic carbocycles. The predicted octanol–water partition coefficient (Wildman–Crippen LogP) is 3.06. The van der Waals surface area contributed by atoms with Crippen LogP contribution < -0.4 is 5.32 Å². The number of nitro benzene ring substituents is 1. The third-order valence-corrected chi connectivity index (χ3v) is 2.44. The van der Waals surface area contributed by atoms with Crippen molar-refractivity contribution in [2.45, 2.75) is 0 Å². The molecule has 0 radical (unpaired) electrons. The summed E-state index contributed by atoms with van der Waals surface area (Å²) in [7, 11) is 0. The summed E-state index contributed by atoms with van der Waals surface area (Å²) in [6.45, 7) is 0.441. The number of hydrogen-bond donors (Lipinski definition) is 1. The van der Waals surface area contributed by atoms with Gasteiger partial charge in [-0.2, -0.15) is 0 Å². The third-order valence-electron chi connectivity index (χ3n) is 2.44. The lowest BCUT2D eigenvalue weighted by molar-refractivity contribution is -0.384. The van der Waals surface area contributed by atoms with Crippen LogP contribution in [0, 0.1) is 22.0 Å². The number of rotatable bonds is 3. The van der Waals surface area contributed by atoms with E-state index >= 15 is 0 Å². The van der Waals surface area contributed by atoms with Gasteiger partial charge in [-0.25, -0.2) is 0 Å². The fourth-order valence-corrected chi connectivity index (χ4v) is 1.54. The van der Waals surface area contributed by atoms with E-state index in [0.717, 1.165) is 5.56 Å². The molecule has 4 heteroatoms. The topological polar surface area (TPSA) is 55.2 Å². The van der Waals surface area contributed by atoms with E-state index in [1.54, 1.807) is 12.1 Å². The molecule has 0 fully saturated rings. The van der Waals surface area contributed by atoms with Crippen LogP contribution >= 0.6 is 0 Å². The SMILES string of the molecule is O=[N+]([O-])c1cccc(NCC#Cc2ccccc2)c1. The van der Waals surface area contributed by atoms with Crippen molar-refractivity contribution in [2.24, 2.45) is 0 Å². The zero-order valence-corrected chi connectivity index (χ0v) is 10.2. The summed E-state index contributed by atoms with van der Waals surface area (Å²) in [5, 5.41) is 13.7. The fraction of sp³-hybridized carbons (Fsp3) is 0.0667. The number of nitro groups is 1. The molecular weight excluding hydrogens is 240 g/mol. The van der Waals surface area contributed by atoms with Gasteiger partial charge in [0.05, 0.1) is 11.5 Å². The lowest BCUT2D eigenvalue weighted by Crippen LogP contribution is -1.99. The summed E-state index contributed by atoms with van der Waals surface area (Å²) in [6, 6.07) is 16.0. The summed E-state index contributed by atoms with van der Waals surface area (Å²) in [5.74, 6) is 5.97.